The van der Waals surface area contributed by atoms with Crippen LogP contribution in [0.2, 0.25) is 0 Å². The molecule has 1 heterocycles. The molecule has 0 aliphatic rings. The van der Waals surface area contributed by atoms with E-state index in [2.05, 4.69) is 22.4 Å². The first-order chi connectivity index (χ1) is 15.6. The van der Waals surface area contributed by atoms with Crippen LogP contribution in [0.15, 0.2) is 91.0 Å². The van der Waals surface area contributed by atoms with Crippen molar-refractivity contribution in [3.8, 4) is 17.0 Å². The van der Waals surface area contributed by atoms with E-state index in [-0.39, 0.29) is 11.7 Å². The summed E-state index contributed by atoms with van der Waals surface area (Å²) in [5.74, 6) is 0.803. The molecule has 4 aromatic rings. The van der Waals surface area contributed by atoms with Crippen LogP contribution in [0.25, 0.3) is 11.3 Å². The van der Waals surface area contributed by atoms with Crippen LogP contribution in [0.4, 0.5) is 17.2 Å². The number of rotatable bonds is 7. The van der Waals surface area contributed by atoms with Crippen molar-refractivity contribution in [3.05, 3.63) is 102 Å². The fraction of sp³-hybridized carbons (Fsp3) is 0.0769. The molecule has 0 aliphatic carbocycles. The van der Waals surface area contributed by atoms with Crippen molar-refractivity contribution >= 4 is 23.1 Å². The number of benzene rings is 3. The molecule has 4 rings (SSSR count). The lowest BCUT2D eigenvalue weighted by atomic mass is 10.1. The van der Waals surface area contributed by atoms with E-state index < -0.39 is 0 Å². The van der Waals surface area contributed by atoms with Crippen molar-refractivity contribution in [2.45, 2.75) is 6.42 Å². The molecule has 0 aliphatic heterocycles. The van der Waals surface area contributed by atoms with Crippen LogP contribution in [0.1, 0.15) is 15.9 Å². The Balaban J connectivity index is 1.37. The second-order valence-electron chi connectivity index (χ2n) is 7.31. The lowest BCUT2D eigenvalue weighted by Gasteiger charge is -2.10. The summed E-state index contributed by atoms with van der Waals surface area (Å²) in [6.07, 6.45) is 0.827. The number of hydrogen-bond donors (Lipinski definition) is 3. The maximum atomic E-state index is 12.7. The van der Waals surface area contributed by atoms with Crippen molar-refractivity contribution in [2.24, 2.45) is 0 Å². The maximum absolute atomic E-state index is 12.7. The summed E-state index contributed by atoms with van der Waals surface area (Å²) in [5, 5.41) is 2.92. The first kappa shape index (κ1) is 20.9. The molecule has 0 saturated heterocycles. The standard InChI is InChI=1S/C26H24N4O2/c27-23-13-14-24(30-25(23)28)20-7-4-8-21(17-20)29-26(31)19-9-11-22(12-10-19)32-16-15-18-5-2-1-3-6-18/h1-14,17H,15-16,27H2,(H2,28,30)(H,29,31). The van der Waals surface area contributed by atoms with Gasteiger partial charge in [0.2, 0.25) is 0 Å². The van der Waals surface area contributed by atoms with Crippen LogP contribution in [0.3, 0.4) is 0 Å². The Morgan fingerprint density at radius 3 is 2.41 bits per heavy atom. The summed E-state index contributed by atoms with van der Waals surface area (Å²) >= 11 is 0. The molecule has 0 spiro atoms. The van der Waals surface area contributed by atoms with E-state index in [4.69, 9.17) is 16.2 Å². The summed E-state index contributed by atoms with van der Waals surface area (Å²) in [4.78, 5) is 17.0. The molecule has 0 bridgehead atoms. The van der Waals surface area contributed by atoms with Crippen LogP contribution >= 0.6 is 0 Å². The first-order valence-electron chi connectivity index (χ1n) is 10.3. The molecule has 160 valence electrons. The highest BCUT2D eigenvalue weighted by Crippen LogP contribution is 2.24. The van der Waals surface area contributed by atoms with Crippen LogP contribution in [-0.4, -0.2) is 17.5 Å². The molecule has 1 aromatic heterocycles. The third kappa shape index (κ3) is 5.23. The number of carbonyl (C=O) groups excluding carboxylic acids is 1. The minimum absolute atomic E-state index is 0.206. The molecule has 3 aromatic carbocycles. The van der Waals surface area contributed by atoms with Gasteiger partial charge in [-0.3, -0.25) is 4.79 Å². The van der Waals surface area contributed by atoms with Gasteiger partial charge in [0.25, 0.3) is 5.91 Å². The molecule has 5 N–H and O–H groups in total. The lowest BCUT2D eigenvalue weighted by molar-refractivity contribution is 0.102. The molecule has 6 nitrogen and oxygen atoms in total. The lowest BCUT2D eigenvalue weighted by Crippen LogP contribution is -2.12. The molecule has 0 radical (unpaired) electrons. The van der Waals surface area contributed by atoms with Gasteiger partial charge >= 0.3 is 0 Å². The summed E-state index contributed by atoms with van der Waals surface area (Å²) in [6, 6.07) is 28.2. The van der Waals surface area contributed by atoms with E-state index in [1.54, 1.807) is 36.4 Å². The fourth-order valence-corrected chi connectivity index (χ4v) is 3.24. The highest BCUT2D eigenvalue weighted by atomic mass is 16.5. The average Bonchev–Trinajstić information content (AvgIpc) is 2.82. The normalized spacial score (nSPS) is 10.5. The molecule has 0 unspecified atom stereocenters. The van der Waals surface area contributed by atoms with Crippen LogP contribution < -0.4 is 21.5 Å². The van der Waals surface area contributed by atoms with E-state index in [9.17, 15) is 4.79 Å². The number of nitrogens with zero attached hydrogens (tertiary/aromatic N) is 1. The van der Waals surface area contributed by atoms with E-state index in [1.807, 2.05) is 42.5 Å². The summed E-state index contributed by atoms with van der Waals surface area (Å²) < 4.78 is 5.79. The summed E-state index contributed by atoms with van der Waals surface area (Å²) in [7, 11) is 0. The van der Waals surface area contributed by atoms with Gasteiger partial charge in [-0.1, -0.05) is 42.5 Å². The van der Waals surface area contributed by atoms with Gasteiger partial charge in [0.15, 0.2) is 0 Å². The van der Waals surface area contributed by atoms with Crippen molar-refractivity contribution in [1.82, 2.24) is 4.98 Å². The Labute approximate surface area is 186 Å². The minimum Gasteiger partial charge on any atom is -0.493 e. The van der Waals surface area contributed by atoms with Crippen molar-refractivity contribution < 1.29 is 9.53 Å². The van der Waals surface area contributed by atoms with Crippen LogP contribution in [0, 0.1) is 0 Å². The second-order valence-corrected chi connectivity index (χ2v) is 7.31. The molecule has 1 amide bonds. The zero-order valence-electron chi connectivity index (χ0n) is 17.5. The molecule has 0 fully saturated rings. The third-order valence-corrected chi connectivity index (χ3v) is 4.99. The Morgan fingerprint density at radius 1 is 0.875 bits per heavy atom. The summed E-state index contributed by atoms with van der Waals surface area (Å²) in [6.45, 7) is 0.575. The van der Waals surface area contributed by atoms with Gasteiger partial charge in [0.05, 0.1) is 18.0 Å². The molecular formula is C26H24N4O2. The van der Waals surface area contributed by atoms with E-state index in [0.29, 0.717) is 29.2 Å². The molecule has 0 atom stereocenters. The largest absolute Gasteiger partial charge is 0.493 e. The number of anilines is 3. The van der Waals surface area contributed by atoms with Gasteiger partial charge in [0, 0.05) is 23.2 Å². The predicted octanol–water partition coefficient (Wildman–Crippen LogP) is 4.79. The molecule has 32 heavy (non-hydrogen) atoms. The Bertz CT molecular complexity index is 1210. The van der Waals surface area contributed by atoms with Gasteiger partial charge in [0.1, 0.15) is 11.6 Å². The van der Waals surface area contributed by atoms with E-state index >= 15 is 0 Å². The molecular weight excluding hydrogens is 400 g/mol. The van der Waals surface area contributed by atoms with Gasteiger partial charge in [-0.2, -0.15) is 0 Å². The number of nitrogens with one attached hydrogen (secondary N) is 1. The number of amides is 1. The quantitative estimate of drug-likeness (QED) is 0.396. The van der Waals surface area contributed by atoms with Crippen molar-refractivity contribution in [2.75, 3.05) is 23.4 Å². The molecule has 6 heteroatoms. The van der Waals surface area contributed by atoms with Gasteiger partial charge < -0.3 is 21.5 Å². The monoisotopic (exact) mass is 424 g/mol. The SMILES string of the molecule is Nc1ccc(-c2cccc(NC(=O)c3ccc(OCCc4ccccc4)cc3)c2)nc1N. The summed E-state index contributed by atoms with van der Waals surface area (Å²) in [5.41, 5.74) is 15.9. The first-order valence-corrected chi connectivity index (χ1v) is 10.3. The minimum atomic E-state index is -0.206. The number of aromatic nitrogens is 1. The van der Waals surface area contributed by atoms with E-state index in [1.165, 1.54) is 5.56 Å². The number of pyridine rings is 1. The Morgan fingerprint density at radius 2 is 1.66 bits per heavy atom. The van der Waals surface area contributed by atoms with Gasteiger partial charge in [-0.05, 0) is 54.1 Å². The average molecular weight is 425 g/mol. The Kier molecular flexibility index (Phi) is 6.32. The highest BCUT2D eigenvalue weighted by molar-refractivity contribution is 6.04. The predicted molar refractivity (Wildman–Crippen MR) is 129 cm³/mol. The zero-order valence-corrected chi connectivity index (χ0v) is 17.5. The third-order valence-electron chi connectivity index (χ3n) is 4.99. The number of nitrogens with two attached hydrogens (primary N) is 2. The number of hydrogen-bond acceptors (Lipinski definition) is 5. The number of ether oxygens (including phenoxy) is 1. The van der Waals surface area contributed by atoms with E-state index in [0.717, 1.165) is 17.7 Å². The number of nitrogen functional groups attached to an aromatic ring is 2. The Hall–Kier alpha value is -4.32. The highest BCUT2D eigenvalue weighted by Gasteiger charge is 2.09. The van der Waals surface area contributed by atoms with Crippen molar-refractivity contribution in [3.63, 3.8) is 0 Å². The van der Waals surface area contributed by atoms with Gasteiger partial charge in [-0.15, -0.1) is 0 Å². The second kappa shape index (κ2) is 9.66. The topological polar surface area (TPSA) is 103 Å². The van der Waals surface area contributed by atoms with Crippen LogP contribution in [-0.2, 0) is 6.42 Å². The maximum Gasteiger partial charge on any atom is 0.255 e. The zero-order chi connectivity index (χ0) is 22.3. The van der Waals surface area contributed by atoms with Gasteiger partial charge in [-0.25, -0.2) is 4.98 Å². The smallest absolute Gasteiger partial charge is 0.255 e. The number of carbonyl (C=O) groups is 1. The van der Waals surface area contributed by atoms with Crippen molar-refractivity contribution in [1.29, 1.82) is 0 Å². The molecule has 0 saturated carbocycles. The van der Waals surface area contributed by atoms with Crippen LogP contribution in [0.5, 0.6) is 5.75 Å². The fourth-order valence-electron chi connectivity index (χ4n) is 3.24.